The third kappa shape index (κ3) is 6.38. The van der Waals surface area contributed by atoms with Crippen molar-refractivity contribution < 1.29 is 14.6 Å². The highest BCUT2D eigenvalue weighted by atomic mass is 35.5. The predicted molar refractivity (Wildman–Crippen MR) is 99.5 cm³/mol. The topological polar surface area (TPSA) is 96.4 Å². The number of anilines is 2. The molecule has 0 unspecified atom stereocenters. The number of hydrogen-bond acceptors (Lipinski definition) is 7. The van der Waals surface area contributed by atoms with Crippen molar-refractivity contribution in [2.75, 3.05) is 31.3 Å². The molecule has 0 atom stereocenters. The van der Waals surface area contributed by atoms with Gasteiger partial charge in [0.1, 0.15) is 15.9 Å². The van der Waals surface area contributed by atoms with Crippen LogP contribution in [-0.2, 0) is 11.3 Å². The van der Waals surface area contributed by atoms with Crippen molar-refractivity contribution in [1.29, 1.82) is 0 Å². The second-order valence-corrected chi connectivity index (χ2v) is 5.37. The summed E-state index contributed by atoms with van der Waals surface area (Å²) in [6, 6.07) is 3.25. The lowest BCUT2D eigenvalue weighted by molar-refractivity contribution is 0.0527. The molecule has 7 nitrogen and oxygen atoms in total. The number of aliphatic hydroxyl groups is 1. The first-order valence-electron chi connectivity index (χ1n) is 7.40. The molecule has 2 aromatic rings. The average Bonchev–Trinajstić information content (AvgIpc) is 2.62. The minimum Gasteiger partial charge on any atom is -0.462 e. The summed E-state index contributed by atoms with van der Waals surface area (Å²) in [5.74, 6) is -0.402. The van der Waals surface area contributed by atoms with E-state index in [-0.39, 0.29) is 6.61 Å². The first-order valence-corrected chi connectivity index (χ1v) is 8.15. The lowest BCUT2D eigenvalue weighted by Crippen LogP contribution is -2.08. The lowest BCUT2D eigenvalue weighted by atomic mass is 10.2. The van der Waals surface area contributed by atoms with Gasteiger partial charge in [0.25, 0.3) is 0 Å². The predicted octanol–water partition coefficient (Wildman–Crippen LogP) is 3.22. The molecule has 2 heterocycles. The van der Waals surface area contributed by atoms with Gasteiger partial charge in [0.15, 0.2) is 0 Å². The summed E-state index contributed by atoms with van der Waals surface area (Å²) in [4.78, 5) is 19.0. The molecular weight excluding hydrogens is 367 g/mol. The lowest BCUT2D eigenvalue weighted by Gasteiger charge is -2.07. The molecule has 0 fully saturated rings. The van der Waals surface area contributed by atoms with Crippen molar-refractivity contribution >= 4 is 40.5 Å². The maximum absolute atomic E-state index is 11.4. The molecule has 0 aliphatic carbocycles. The van der Waals surface area contributed by atoms with E-state index >= 15 is 0 Å². The fourth-order valence-electron chi connectivity index (χ4n) is 1.83. The van der Waals surface area contributed by atoms with Crippen molar-refractivity contribution in [3.63, 3.8) is 0 Å². The number of carbonyl (C=O) groups is 1. The molecule has 0 amide bonds. The van der Waals surface area contributed by atoms with Gasteiger partial charge in [-0.2, -0.15) is 0 Å². The smallest absolute Gasteiger partial charge is 0.341 e. The number of nitrogens with one attached hydrogen (secondary N) is 2. The number of aromatic nitrogens is 2. The Morgan fingerprint density at radius 2 is 1.68 bits per heavy atom. The molecule has 9 heteroatoms. The highest BCUT2D eigenvalue weighted by Crippen LogP contribution is 2.19. The largest absolute Gasteiger partial charge is 0.462 e. The van der Waals surface area contributed by atoms with Crippen LogP contribution in [0, 0.1) is 0 Å². The van der Waals surface area contributed by atoms with E-state index in [1.165, 1.54) is 6.20 Å². The summed E-state index contributed by atoms with van der Waals surface area (Å²) in [6.45, 7) is 2.06. The number of pyridine rings is 2. The van der Waals surface area contributed by atoms with E-state index in [2.05, 4.69) is 20.6 Å². The van der Waals surface area contributed by atoms with Crippen molar-refractivity contribution in [3.05, 3.63) is 46.0 Å². The van der Waals surface area contributed by atoms with Crippen LogP contribution in [0.25, 0.3) is 0 Å². The first kappa shape index (κ1) is 21.0. The molecule has 2 aromatic heterocycles. The van der Waals surface area contributed by atoms with E-state index in [0.717, 1.165) is 11.3 Å². The van der Waals surface area contributed by atoms with E-state index in [4.69, 9.17) is 33.0 Å². The minimum atomic E-state index is -0.402. The molecule has 25 heavy (non-hydrogen) atoms. The summed E-state index contributed by atoms with van der Waals surface area (Å²) in [6.07, 6.45) is 2.94. The van der Waals surface area contributed by atoms with Crippen LogP contribution >= 0.6 is 23.2 Å². The molecule has 136 valence electrons. The van der Waals surface area contributed by atoms with E-state index in [0.29, 0.717) is 28.2 Å². The van der Waals surface area contributed by atoms with E-state index in [1.54, 1.807) is 39.3 Å². The molecule has 0 aromatic carbocycles. The Hall–Kier alpha value is -2.09. The number of esters is 1. The molecule has 0 saturated carbocycles. The molecule has 0 aliphatic heterocycles. The zero-order valence-corrected chi connectivity index (χ0v) is 15.6. The first-order chi connectivity index (χ1) is 12.0. The third-order valence-corrected chi connectivity index (χ3v) is 3.44. The second kappa shape index (κ2) is 10.7. The van der Waals surface area contributed by atoms with Crippen molar-refractivity contribution in [1.82, 2.24) is 9.97 Å². The normalized spacial score (nSPS) is 9.68. The van der Waals surface area contributed by atoms with E-state index in [9.17, 15) is 4.79 Å². The molecule has 0 saturated heterocycles. The summed E-state index contributed by atoms with van der Waals surface area (Å²) in [5, 5.41) is 15.3. The highest BCUT2D eigenvalue weighted by Gasteiger charge is 2.12. The number of carbonyl (C=O) groups excluding carboxylic acids is 1. The Balaban J connectivity index is 0.000000257. The summed E-state index contributed by atoms with van der Waals surface area (Å²) in [7, 11) is 3.47. The Labute approximate surface area is 156 Å². The fraction of sp³-hybridized carbons (Fsp3) is 0.312. The van der Waals surface area contributed by atoms with Crippen LogP contribution in [0.1, 0.15) is 22.8 Å². The molecular formula is C16H20Cl2N4O3. The summed E-state index contributed by atoms with van der Waals surface area (Å²) in [5.41, 5.74) is 2.56. The zero-order valence-electron chi connectivity index (χ0n) is 14.1. The molecule has 0 bridgehead atoms. The van der Waals surface area contributed by atoms with Crippen LogP contribution in [0.2, 0.25) is 10.3 Å². The fourth-order valence-corrected chi connectivity index (χ4v) is 2.14. The third-order valence-electron chi connectivity index (χ3n) is 3.03. The zero-order chi connectivity index (χ0) is 18.8. The van der Waals surface area contributed by atoms with Crippen molar-refractivity contribution in [2.24, 2.45) is 0 Å². The number of hydrogen-bond donors (Lipinski definition) is 3. The number of nitrogens with zero attached hydrogens (tertiary/aromatic N) is 2. The average molecular weight is 387 g/mol. The number of halogens is 2. The van der Waals surface area contributed by atoms with Gasteiger partial charge >= 0.3 is 5.97 Å². The van der Waals surface area contributed by atoms with Gasteiger partial charge in [-0.05, 0) is 19.1 Å². The Bertz CT molecular complexity index is 714. The quantitative estimate of drug-likeness (QED) is 0.535. The SMILES string of the molecule is CCOC(=O)c1cnc(Cl)cc1NC.CNc1cc(Cl)ncc1CO. The van der Waals surface area contributed by atoms with Crippen molar-refractivity contribution in [3.8, 4) is 0 Å². The molecule has 2 rings (SSSR count). The Morgan fingerprint density at radius 3 is 2.20 bits per heavy atom. The van der Waals surface area contributed by atoms with E-state index in [1.807, 2.05) is 0 Å². The van der Waals surface area contributed by atoms with Crippen molar-refractivity contribution in [2.45, 2.75) is 13.5 Å². The minimum absolute atomic E-state index is 0.0274. The number of ether oxygens (including phenoxy) is 1. The van der Waals surface area contributed by atoms with Crippen LogP contribution in [0.4, 0.5) is 11.4 Å². The summed E-state index contributed by atoms with van der Waals surface area (Å²) >= 11 is 11.3. The van der Waals surface area contributed by atoms with Crippen LogP contribution in [0.15, 0.2) is 24.5 Å². The number of aliphatic hydroxyl groups excluding tert-OH is 1. The Kier molecular flexibility index (Phi) is 8.98. The van der Waals surface area contributed by atoms with Gasteiger partial charge in [0, 0.05) is 37.7 Å². The molecule has 0 aliphatic rings. The molecule has 0 spiro atoms. The van der Waals surface area contributed by atoms with E-state index < -0.39 is 5.97 Å². The summed E-state index contributed by atoms with van der Waals surface area (Å²) < 4.78 is 4.85. The van der Waals surface area contributed by atoms with Gasteiger partial charge in [0.2, 0.25) is 0 Å². The van der Waals surface area contributed by atoms with Crippen LogP contribution < -0.4 is 10.6 Å². The number of rotatable bonds is 5. The molecule has 0 radical (unpaired) electrons. The van der Waals surface area contributed by atoms with Gasteiger partial charge in [-0.1, -0.05) is 23.2 Å². The van der Waals surface area contributed by atoms with Gasteiger partial charge in [-0.3, -0.25) is 0 Å². The molecule has 3 N–H and O–H groups in total. The van der Waals surface area contributed by atoms with Gasteiger partial charge in [-0.15, -0.1) is 0 Å². The van der Waals surface area contributed by atoms with Crippen LogP contribution in [0.5, 0.6) is 0 Å². The monoisotopic (exact) mass is 386 g/mol. The van der Waals surface area contributed by atoms with Crippen LogP contribution in [0.3, 0.4) is 0 Å². The van der Waals surface area contributed by atoms with Gasteiger partial charge in [0.05, 0.1) is 18.9 Å². The standard InChI is InChI=1S/C9H11ClN2O2.C7H9ClN2O/c1-3-14-9(13)6-5-12-8(10)4-7(6)11-2;1-9-6-2-7(8)10-3-5(6)4-11/h4-5H,3H2,1-2H3,(H,11,12);2-3,11H,4H2,1H3,(H,9,10). The maximum atomic E-state index is 11.4. The maximum Gasteiger partial charge on any atom is 0.341 e. The van der Waals surface area contributed by atoms with Gasteiger partial charge in [-0.25, -0.2) is 14.8 Å². The van der Waals surface area contributed by atoms with Crippen LogP contribution in [-0.4, -0.2) is 41.7 Å². The second-order valence-electron chi connectivity index (χ2n) is 4.60. The Morgan fingerprint density at radius 1 is 1.12 bits per heavy atom. The highest BCUT2D eigenvalue weighted by molar-refractivity contribution is 6.30. The van der Waals surface area contributed by atoms with Gasteiger partial charge < -0.3 is 20.5 Å².